The van der Waals surface area contributed by atoms with Crippen LogP contribution in [0, 0.1) is 5.82 Å². The fourth-order valence-corrected chi connectivity index (χ4v) is 2.97. The number of halogens is 4. The van der Waals surface area contributed by atoms with Gasteiger partial charge < -0.3 is 14.8 Å². The second kappa shape index (κ2) is 10.6. The lowest BCUT2D eigenvalue weighted by Crippen LogP contribution is -2.45. The molecule has 0 saturated carbocycles. The average Bonchev–Trinajstić information content (AvgIpc) is 2.63. The van der Waals surface area contributed by atoms with Crippen LogP contribution in [0.3, 0.4) is 0 Å². The zero-order chi connectivity index (χ0) is 20.6. The molecule has 1 unspecified atom stereocenters. The summed E-state index contributed by atoms with van der Waals surface area (Å²) < 4.78 is 64.0. The summed E-state index contributed by atoms with van der Waals surface area (Å²) in [6.07, 6.45) is 1.91. The van der Waals surface area contributed by atoms with E-state index in [1.807, 2.05) is 13.8 Å². The molecule has 1 aliphatic carbocycles. The van der Waals surface area contributed by atoms with Gasteiger partial charge in [-0.2, -0.15) is 13.2 Å². The van der Waals surface area contributed by atoms with Crippen LogP contribution in [0.4, 0.5) is 17.6 Å². The molecule has 7 heteroatoms. The number of nitrogens with one attached hydrogen (secondary N) is 1. The maximum Gasteiger partial charge on any atom is 0.407 e. The van der Waals surface area contributed by atoms with Crippen molar-refractivity contribution in [2.75, 3.05) is 26.4 Å². The summed E-state index contributed by atoms with van der Waals surface area (Å²) in [5.41, 5.74) is 1.14. The van der Waals surface area contributed by atoms with Crippen LogP contribution in [-0.4, -0.2) is 38.6 Å². The third kappa shape index (κ3) is 6.95. The van der Waals surface area contributed by atoms with E-state index >= 15 is 0 Å². The Morgan fingerprint density at radius 3 is 2.54 bits per heavy atom. The summed E-state index contributed by atoms with van der Waals surface area (Å²) in [5, 5.41) is 2.51. The number of hydrogen-bond acceptors (Lipinski definition) is 3. The number of ether oxygens (including phenoxy) is 2. The molecule has 0 bridgehead atoms. The maximum atomic E-state index is 13.4. The van der Waals surface area contributed by atoms with Gasteiger partial charge >= 0.3 is 6.18 Å². The number of rotatable bonds is 10. The van der Waals surface area contributed by atoms with Crippen molar-refractivity contribution in [3.63, 3.8) is 0 Å². The molecule has 1 aromatic carbocycles. The van der Waals surface area contributed by atoms with Crippen molar-refractivity contribution in [3.05, 3.63) is 53.4 Å². The predicted octanol–water partition coefficient (Wildman–Crippen LogP) is 5.14. The highest BCUT2D eigenvalue weighted by Gasteiger charge is 2.41. The van der Waals surface area contributed by atoms with Crippen LogP contribution in [0.25, 0.3) is 0 Å². The number of alkyl halides is 3. The Labute approximate surface area is 163 Å². The van der Waals surface area contributed by atoms with E-state index in [2.05, 4.69) is 5.32 Å². The van der Waals surface area contributed by atoms with Crippen molar-refractivity contribution in [2.24, 2.45) is 0 Å². The highest BCUT2D eigenvalue weighted by molar-refractivity contribution is 5.36. The van der Waals surface area contributed by atoms with Gasteiger partial charge in [0.2, 0.25) is 0 Å². The maximum absolute atomic E-state index is 13.4. The molecule has 0 fully saturated rings. The molecule has 0 aliphatic heterocycles. The van der Waals surface area contributed by atoms with Gasteiger partial charge in [0, 0.05) is 12.6 Å². The minimum Gasteiger partial charge on any atom is -0.491 e. The predicted molar refractivity (Wildman–Crippen MR) is 101 cm³/mol. The lowest BCUT2D eigenvalue weighted by Gasteiger charge is -2.24. The van der Waals surface area contributed by atoms with Gasteiger partial charge in [-0.05, 0) is 36.0 Å². The largest absolute Gasteiger partial charge is 0.491 e. The molecule has 0 aromatic heterocycles. The Morgan fingerprint density at radius 2 is 1.89 bits per heavy atom. The van der Waals surface area contributed by atoms with Gasteiger partial charge in [0.05, 0.1) is 13.2 Å². The minimum absolute atomic E-state index is 0.0621. The van der Waals surface area contributed by atoms with E-state index in [9.17, 15) is 17.6 Å². The van der Waals surface area contributed by atoms with Crippen molar-refractivity contribution in [1.29, 1.82) is 0 Å². The van der Waals surface area contributed by atoms with Crippen molar-refractivity contribution in [3.8, 4) is 5.75 Å². The Morgan fingerprint density at radius 1 is 1.11 bits per heavy atom. The van der Waals surface area contributed by atoms with E-state index in [-0.39, 0.29) is 43.7 Å². The molecule has 156 valence electrons. The van der Waals surface area contributed by atoms with E-state index < -0.39 is 12.2 Å². The minimum atomic E-state index is -4.36. The molecule has 0 spiro atoms. The van der Waals surface area contributed by atoms with Gasteiger partial charge in [-0.25, -0.2) is 4.39 Å². The van der Waals surface area contributed by atoms with Crippen LogP contribution in [-0.2, 0) is 4.74 Å². The molecule has 0 heterocycles. The molecule has 0 radical (unpaired) electrons. The van der Waals surface area contributed by atoms with E-state index in [1.165, 1.54) is 18.2 Å². The van der Waals surface area contributed by atoms with E-state index in [1.54, 1.807) is 18.2 Å². The van der Waals surface area contributed by atoms with Crippen LogP contribution in [0.5, 0.6) is 5.75 Å². The molecule has 1 aromatic rings. The van der Waals surface area contributed by atoms with Crippen molar-refractivity contribution >= 4 is 0 Å². The summed E-state index contributed by atoms with van der Waals surface area (Å²) in [7, 11) is 0. The normalized spacial score (nSPS) is 15.6. The second-order valence-corrected chi connectivity index (χ2v) is 6.91. The fourth-order valence-electron chi connectivity index (χ4n) is 2.97. The lowest BCUT2D eigenvalue weighted by molar-refractivity contribution is -0.146. The van der Waals surface area contributed by atoms with E-state index in [0.717, 1.165) is 12.0 Å². The molecule has 1 atom stereocenters. The Bertz CT molecular complexity index is 683. The first-order valence-corrected chi connectivity index (χ1v) is 9.45. The monoisotopic (exact) mass is 401 g/mol. The molecule has 0 amide bonds. The first kappa shape index (κ1) is 22.4. The summed E-state index contributed by atoms with van der Waals surface area (Å²) in [4.78, 5) is 0. The molecule has 1 aliphatic rings. The Kier molecular flexibility index (Phi) is 8.51. The molecule has 28 heavy (non-hydrogen) atoms. The summed E-state index contributed by atoms with van der Waals surface area (Å²) in [6, 6.07) is 2.71. The zero-order valence-electron chi connectivity index (χ0n) is 16.2. The summed E-state index contributed by atoms with van der Waals surface area (Å²) in [6.45, 7) is 4.54. The lowest BCUT2D eigenvalue weighted by atomic mass is 10.00. The molecule has 1 N–H and O–H groups in total. The number of hydrogen-bond donors (Lipinski definition) is 1. The van der Waals surface area contributed by atoms with Gasteiger partial charge in [0.25, 0.3) is 0 Å². The van der Waals surface area contributed by atoms with Crippen LogP contribution in [0.15, 0.2) is 42.0 Å². The second-order valence-electron chi connectivity index (χ2n) is 6.91. The van der Waals surface area contributed by atoms with Gasteiger partial charge in [0.1, 0.15) is 24.2 Å². The molecule has 3 nitrogen and oxygen atoms in total. The molecule has 0 saturated heterocycles. The molecule has 2 rings (SSSR count). The standard InChI is InChI=1S/C21H27F4NO2/c1-15(2)18-9-8-17(22)14-19(18)28-13-12-27-11-10-26-20(21(23,24)25)16-6-4-3-5-7-16/h4,6-9,14-15,20,26H,3,5,10-13H2,1-2H3. The van der Waals surface area contributed by atoms with Crippen LogP contribution >= 0.6 is 0 Å². The summed E-state index contributed by atoms with van der Waals surface area (Å²) >= 11 is 0. The fraction of sp³-hybridized carbons (Fsp3) is 0.524. The third-order valence-electron chi connectivity index (χ3n) is 4.36. The topological polar surface area (TPSA) is 30.5 Å². The number of benzene rings is 1. The number of allylic oxidation sites excluding steroid dienone is 2. The van der Waals surface area contributed by atoms with Gasteiger partial charge in [-0.1, -0.05) is 38.1 Å². The third-order valence-corrected chi connectivity index (χ3v) is 4.36. The smallest absolute Gasteiger partial charge is 0.407 e. The zero-order valence-corrected chi connectivity index (χ0v) is 16.2. The summed E-state index contributed by atoms with van der Waals surface area (Å²) in [5.74, 6) is 0.266. The van der Waals surface area contributed by atoms with Gasteiger partial charge in [-0.15, -0.1) is 0 Å². The van der Waals surface area contributed by atoms with Crippen LogP contribution < -0.4 is 10.1 Å². The Hall–Kier alpha value is -1.86. The first-order chi connectivity index (χ1) is 13.3. The van der Waals surface area contributed by atoms with Crippen LogP contribution in [0.1, 0.15) is 38.2 Å². The van der Waals surface area contributed by atoms with Gasteiger partial charge in [-0.3, -0.25) is 0 Å². The quantitative estimate of drug-likeness (QED) is 0.435. The van der Waals surface area contributed by atoms with E-state index in [4.69, 9.17) is 9.47 Å². The van der Waals surface area contributed by atoms with Crippen molar-refractivity contribution in [2.45, 2.75) is 44.8 Å². The molecular formula is C21H27F4NO2. The van der Waals surface area contributed by atoms with E-state index in [0.29, 0.717) is 12.2 Å². The van der Waals surface area contributed by atoms with Gasteiger partial charge in [0.15, 0.2) is 0 Å². The highest BCUT2D eigenvalue weighted by atomic mass is 19.4. The SMILES string of the molecule is CC(C)c1ccc(F)cc1OCCOCCNC(C1=CCCC=C1)C(F)(F)F. The van der Waals surface area contributed by atoms with Crippen molar-refractivity contribution in [1.82, 2.24) is 5.32 Å². The molecular weight excluding hydrogens is 374 g/mol. The first-order valence-electron chi connectivity index (χ1n) is 9.45. The highest BCUT2D eigenvalue weighted by Crippen LogP contribution is 2.28. The Balaban J connectivity index is 1.72. The average molecular weight is 401 g/mol. The van der Waals surface area contributed by atoms with Crippen LogP contribution in [0.2, 0.25) is 0 Å². The van der Waals surface area contributed by atoms with Crippen molar-refractivity contribution < 1.29 is 27.0 Å².